The van der Waals surface area contributed by atoms with Crippen LogP contribution in [0.3, 0.4) is 0 Å². The molecule has 1 rings (SSSR count). The molecule has 1 saturated heterocycles. The van der Waals surface area contributed by atoms with Gasteiger partial charge in [0.1, 0.15) is 0 Å². The first-order valence-electron chi connectivity index (χ1n) is 5.83. The van der Waals surface area contributed by atoms with Gasteiger partial charge in [0.15, 0.2) is 0 Å². The van der Waals surface area contributed by atoms with Crippen LogP contribution in [0, 0.1) is 0 Å². The van der Waals surface area contributed by atoms with Gasteiger partial charge in [-0.05, 0) is 20.3 Å². The highest BCUT2D eigenvalue weighted by atomic mass is 16.2. The number of amides is 2. The summed E-state index contributed by atoms with van der Waals surface area (Å²) in [5.41, 5.74) is 0.185. The molecule has 1 fully saturated rings. The number of rotatable bonds is 6. The Bertz CT molecular complexity index is 216. The SMILES string of the molecule is CCCC(C)(C)NCCN1CCNC1=O. The van der Waals surface area contributed by atoms with E-state index in [2.05, 4.69) is 31.4 Å². The van der Waals surface area contributed by atoms with Gasteiger partial charge in [-0.2, -0.15) is 0 Å². The number of nitrogens with zero attached hydrogens (tertiary/aromatic N) is 1. The molecule has 1 aliphatic rings. The normalized spacial score (nSPS) is 17.0. The summed E-state index contributed by atoms with van der Waals surface area (Å²) >= 11 is 0. The van der Waals surface area contributed by atoms with Gasteiger partial charge in [0.05, 0.1) is 0 Å². The molecule has 0 unspecified atom stereocenters. The first-order valence-corrected chi connectivity index (χ1v) is 5.83. The molecule has 1 aliphatic heterocycles. The summed E-state index contributed by atoms with van der Waals surface area (Å²) in [5.74, 6) is 0. The summed E-state index contributed by atoms with van der Waals surface area (Å²) in [6.45, 7) is 9.92. The lowest BCUT2D eigenvalue weighted by Gasteiger charge is -2.27. The molecule has 0 radical (unpaired) electrons. The van der Waals surface area contributed by atoms with Gasteiger partial charge < -0.3 is 15.5 Å². The van der Waals surface area contributed by atoms with E-state index in [-0.39, 0.29) is 11.6 Å². The quantitative estimate of drug-likeness (QED) is 0.696. The van der Waals surface area contributed by atoms with Crippen molar-refractivity contribution in [2.45, 2.75) is 39.2 Å². The van der Waals surface area contributed by atoms with E-state index in [9.17, 15) is 4.79 Å². The van der Waals surface area contributed by atoms with Gasteiger partial charge in [0.25, 0.3) is 0 Å². The van der Waals surface area contributed by atoms with Gasteiger partial charge in [-0.25, -0.2) is 4.79 Å². The van der Waals surface area contributed by atoms with Crippen LogP contribution >= 0.6 is 0 Å². The highest BCUT2D eigenvalue weighted by molar-refractivity contribution is 5.76. The smallest absolute Gasteiger partial charge is 0.317 e. The Morgan fingerprint density at radius 2 is 2.27 bits per heavy atom. The molecule has 0 atom stereocenters. The molecule has 1 heterocycles. The maximum Gasteiger partial charge on any atom is 0.317 e. The van der Waals surface area contributed by atoms with Gasteiger partial charge in [0, 0.05) is 31.7 Å². The maximum absolute atomic E-state index is 11.2. The zero-order chi connectivity index (χ0) is 11.3. The van der Waals surface area contributed by atoms with E-state index in [0.717, 1.165) is 26.2 Å². The molecule has 0 aromatic carbocycles. The standard InChI is InChI=1S/C11H23N3O/c1-4-5-11(2,3)13-7-9-14-8-6-12-10(14)15/h13H,4-9H2,1-3H3,(H,12,15). The van der Waals surface area contributed by atoms with Crippen molar-refractivity contribution in [1.29, 1.82) is 0 Å². The summed E-state index contributed by atoms with van der Waals surface area (Å²) in [5, 5.41) is 6.29. The summed E-state index contributed by atoms with van der Waals surface area (Å²) in [6.07, 6.45) is 2.35. The van der Waals surface area contributed by atoms with Crippen LogP contribution in [-0.4, -0.2) is 42.6 Å². The molecule has 15 heavy (non-hydrogen) atoms. The fourth-order valence-electron chi connectivity index (χ4n) is 1.97. The molecule has 0 spiro atoms. The van der Waals surface area contributed by atoms with E-state index in [1.54, 1.807) is 0 Å². The van der Waals surface area contributed by atoms with Crippen molar-refractivity contribution < 1.29 is 4.79 Å². The lowest BCUT2D eigenvalue weighted by atomic mass is 9.99. The fourth-order valence-corrected chi connectivity index (χ4v) is 1.97. The molecular weight excluding hydrogens is 190 g/mol. The third-order valence-electron chi connectivity index (χ3n) is 2.81. The number of nitrogens with one attached hydrogen (secondary N) is 2. The topological polar surface area (TPSA) is 44.4 Å². The minimum absolute atomic E-state index is 0.0742. The molecule has 4 heteroatoms. The Morgan fingerprint density at radius 1 is 1.53 bits per heavy atom. The van der Waals surface area contributed by atoms with Crippen LogP contribution in [0.25, 0.3) is 0 Å². The largest absolute Gasteiger partial charge is 0.336 e. The molecule has 4 nitrogen and oxygen atoms in total. The Morgan fingerprint density at radius 3 is 2.80 bits per heavy atom. The zero-order valence-corrected chi connectivity index (χ0v) is 10.1. The minimum atomic E-state index is 0.0742. The van der Waals surface area contributed by atoms with Gasteiger partial charge in [-0.15, -0.1) is 0 Å². The predicted molar refractivity (Wildman–Crippen MR) is 62.0 cm³/mol. The van der Waals surface area contributed by atoms with Crippen LogP contribution in [0.1, 0.15) is 33.6 Å². The zero-order valence-electron chi connectivity index (χ0n) is 10.1. The molecule has 88 valence electrons. The van der Waals surface area contributed by atoms with Gasteiger partial charge >= 0.3 is 6.03 Å². The number of carbonyl (C=O) groups excluding carboxylic acids is 1. The molecule has 2 amide bonds. The first-order chi connectivity index (χ1) is 7.05. The van der Waals surface area contributed by atoms with Crippen LogP contribution in [0.5, 0.6) is 0 Å². The van der Waals surface area contributed by atoms with E-state index < -0.39 is 0 Å². The number of hydrogen-bond acceptors (Lipinski definition) is 2. The molecule has 0 aromatic rings. The second kappa shape index (κ2) is 5.35. The summed E-state index contributed by atoms with van der Waals surface area (Å²) in [7, 11) is 0. The summed E-state index contributed by atoms with van der Waals surface area (Å²) in [4.78, 5) is 13.1. The Labute approximate surface area is 92.4 Å². The molecule has 2 N–H and O–H groups in total. The number of urea groups is 1. The van der Waals surface area contributed by atoms with Crippen LogP contribution in [0.15, 0.2) is 0 Å². The summed E-state index contributed by atoms with van der Waals surface area (Å²) < 4.78 is 0. The Hall–Kier alpha value is -0.770. The number of hydrogen-bond donors (Lipinski definition) is 2. The minimum Gasteiger partial charge on any atom is -0.336 e. The monoisotopic (exact) mass is 213 g/mol. The van der Waals surface area contributed by atoms with Crippen LogP contribution < -0.4 is 10.6 Å². The first kappa shape index (κ1) is 12.3. The van der Waals surface area contributed by atoms with Crippen LogP contribution in [-0.2, 0) is 0 Å². The second-order valence-electron chi connectivity index (χ2n) is 4.78. The van der Waals surface area contributed by atoms with Gasteiger partial charge in [-0.1, -0.05) is 13.3 Å². The van der Waals surface area contributed by atoms with Crippen molar-refractivity contribution in [1.82, 2.24) is 15.5 Å². The van der Waals surface area contributed by atoms with Crippen molar-refractivity contribution in [3.63, 3.8) is 0 Å². The lowest BCUT2D eigenvalue weighted by molar-refractivity contribution is 0.215. The molecular formula is C11H23N3O. The van der Waals surface area contributed by atoms with Gasteiger partial charge in [0.2, 0.25) is 0 Å². The predicted octanol–water partition coefficient (Wildman–Crippen LogP) is 1.18. The Kier molecular flexibility index (Phi) is 4.39. The number of carbonyl (C=O) groups is 1. The van der Waals surface area contributed by atoms with Crippen molar-refractivity contribution in [3.05, 3.63) is 0 Å². The van der Waals surface area contributed by atoms with E-state index >= 15 is 0 Å². The highest BCUT2D eigenvalue weighted by Gasteiger charge is 2.20. The van der Waals surface area contributed by atoms with Crippen molar-refractivity contribution in [3.8, 4) is 0 Å². The maximum atomic E-state index is 11.2. The van der Waals surface area contributed by atoms with Crippen molar-refractivity contribution in [2.75, 3.05) is 26.2 Å². The van der Waals surface area contributed by atoms with E-state index in [0.29, 0.717) is 0 Å². The van der Waals surface area contributed by atoms with E-state index in [1.165, 1.54) is 12.8 Å². The Balaban J connectivity index is 2.17. The van der Waals surface area contributed by atoms with Crippen LogP contribution in [0.4, 0.5) is 4.79 Å². The van der Waals surface area contributed by atoms with Crippen LogP contribution in [0.2, 0.25) is 0 Å². The fraction of sp³-hybridized carbons (Fsp3) is 0.909. The second-order valence-corrected chi connectivity index (χ2v) is 4.78. The lowest BCUT2D eigenvalue weighted by Crippen LogP contribution is -2.44. The third-order valence-corrected chi connectivity index (χ3v) is 2.81. The molecule has 0 aliphatic carbocycles. The average molecular weight is 213 g/mol. The molecule has 0 saturated carbocycles. The van der Waals surface area contributed by atoms with E-state index in [4.69, 9.17) is 0 Å². The molecule has 0 bridgehead atoms. The third kappa shape index (κ3) is 4.08. The average Bonchev–Trinajstić information content (AvgIpc) is 2.51. The van der Waals surface area contributed by atoms with E-state index in [1.807, 2.05) is 4.90 Å². The molecule has 0 aromatic heterocycles. The van der Waals surface area contributed by atoms with Gasteiger partial charge in [-0.3, -0.25) is 0 Å². The van der Waals surface area contributed by atoms with Crippen molar-refractivity contribution >= 4 is 6.03 Å². The highest BCUT2D eigenvalue weighted by Crippen LogP contribution is 2.10. The van der Waals surface area contributed by atoms with Crippen molar-refractivity contribution in [2.24, 2.45) is 0 Å². The summed E-state index contributed by atoms with van der Waals surface area (Å²) in [6, 6.07) is 0.0742.